The van der Waals surface area contributed by atoms with Gasteiger partial charge in [-0.1, -0.05) is 31.2 Å². The first kappa shape index (κ1) is 28.7. The molecule has 3 rings (SSSR count). The van der Waals surface area contributed by atoms with Gasteiger partial charge in [0.1, 0.15) is 11.5 Å². The SMILES string of the molecule is CCc1ccccc1NC(=O)CN(C)C(=O)COC(=O)c1ccc(OCC(=O)Nc2cccc(OC)c2)cc1. The minimum Gasteiger partial charge on any atom is -0.497 e. The Bertz CT molecular complexity index is 1310. The number of anilines is 2. The zero-order valence-corrected chi connectivity index (χ0v) is 22.1. The number of hydrogen-bond donors (Lipinski definition) is 2. The number of amides is 3. The fourth-order valence-corrected chi connectivity index (χ4v) is 3.50. The van der Waals surface area contributed by atoms with Crippen LogP contribution in [0.4, 0.5) is 11.4 Å². The summed E-state index contributed by atoms with van der Waals surface area (Å²) in [6.07, 6.45) is 0.758. The first-order valence-electron chi connectivity index (χ1n) is 12.2. The molecule has 0 aliphatic carbocycles. The van der Waals surface area contributed by atoms with E-state index in [2.05, 4.69) is 10.6 Å². The van der Waals surface area contributed by atoms with Crippen molar-refractivity contribution in [2.45, 2.75) is 13.3 Å². The zero-order chi connectivity index (χ0) is 28.2. The number of ether oxygens (including phenoxy) is 3. The molecule has 39 heavy (non-hydrogen) atoms. The van der Waals surface area contributed by atoms with Crippen LogP contribution >= 0.6 is 0 Å². The number of benzene rings is 3. The number of carbonyl (C=O) groups excluding carboxylic acids is 4. The molecule has 0 unspecified atom stereocenters. The normalized spacial score (nSPS) is 10.2. The van der Waals surface area contributed by atoms with Crippen molar-refractivity contribution in [3.05, 3.63) is 83.9 Å². The molecule has 0 fully saturated rings. The Kier molecular flexibility index (Phi) is 10.4. The molecule has 2 N–H and O–H groups in total. The lowest BCUT2D eigenvalue weighted by Gasteiger charge is -2.17. The highest BCUT2D eigenvalue weighted by molar-refractivity contribution is 5.96. The van der Waals surface area contributed by atoms with Crippen molar-refractivity contribution in [1.29, 1.82) is 0 Å². The maximum absolute atomic E-state index is 12.4. The number of hydrogen-bond acceptors (Lipinski definition) is 7. The number of likely N-dealkylation sites (N-methyl/N-ethyl adjacent to an activating group) is 1. The van der Waals surface area contributed by atoms with E-state index in [1.807, 2.05) is 25.1 Å². The van der Waals surface area contributed by atoms with Gasteiger partial charge in [-0.2, -0.15) is 0 Å². The van der Waals surface area contributed by atoms with E-state index >= 15 is 0 Å². The Hall–Kier alpha value is -4.86. The highest BCUT2D eigenvalue weighted by Crippen LogP contribution is 2.18. The van der Waals surface area contributed by atoms with Crippen LogP contribution < -0.4 is 20.1 Å². The smallest absolute Gasteiger partial charge is 0.338 e. The van der Waals surface area contributed by atoms with Crippen molar-refractivity contribution in [3.8, 4) is 11.5 Å². The summed E-state index contributed by atoms with van der Waals surface area (Å²) in [4.78, 5) is 50.4. The van der Waals surface area contributed by atoms with Crippen molar-refractivity contribution in [3.63, 3.8) is 0 Å². The molecule has 0 aromatic heterocycles. The van der Waals surface area contributed by atoms with Crippen molar-refractivity contribution in [2.24, 2.45) is 0 Å². The third kappa shape index (κ3) is 8.89. The lowest BCUT2D eigenvalue weighted by molar-refractivity contribution is -0.136. The Balaban J connectivity index is 1.41. The van der Waals surface area contributed by atoms with Crippen LogP contribution in [0.2, 0.25) is 0 Å². The molecule has 0 saturated heterocycles. The Morgan fingerprint density at radius 2 is 1.56 bits per heavy atom. The molecule has 0 saturated carbocycles. The average molecular weight is 534 g/mol. The molecule has 10 heteroatoms. The third-order valence-electron chi connectivity index (χ3n) is 5.62. The minimum absolute atomic E-state index is 0.189. The van der Waals surface area contributed by atoms with Crippen LogP contribution in [0, 0.1) is 0 Å². The molecule has 0 heterocycles. The van der Waals surface area contributed by atoms with Gasteiger partial charge in [0.25, 0.3) is 11.8 Å². The van der Waals surface area contributed by atoms with Gasteiger partial charge in [-0.05, 0) is 54.4 Å². The predicted molar refractivity (Wildman–Crippen MR) is 146 cm³/mol. The number of aryl methyl sites for hydroxylation is 1. The monoisotopic (exact) mass is 533 g/mol. The van der Waals surface area contributed by atoms with E-state index in [4.69, 9.17) is 14.2 Å². The van der Waals surface area contributed by atoms with E-state index in [1.54, 1.807) is 30.3 Å². The summed E-state index contributed by atoms with van der Waals surface area (Å²) in [7, 11) is 2.99. The van der Waals surface area contributed by atoms with Gasteiger partial charge in [0, 0.05) is 24.5 Å². The van der Waals surface area contributed by atoms with E-state index in [0.29, 0.717) is 22.9 Å². The first-order valence-corrected chi connectivity index (χ1v) is 12.2. The van der Waals surface area contributed by atoms with E-state index in [-0.39, 0.29) is 30.5 Å². The second-order valence-corrected chi connectivity index (χ2v) is 8.48. The first-order chi connectivity index (χ1) is 18.8. The molecule has 0 radical (unpaired) electrons. The molecule has 0 aliphatic rings. The van der Waals surface area contributed by atoms with Gasteiger partial charge in [-0.25, -0.2) is 4.79 Å². The summed E-state index contributed by atoms with van der Waals surface area (Å²) in [5.41, 5.74) is 2.46. The topological polar surface area (TPSA) is 123 Å². The molecule has 3 aromatic rings. The number of methoxy groups -OCH3 is 1. The van der Waals surface area contributed by atoms with Gasteiger partial charge in [-0.3, -0.25) is 14.4 Å². The van der Waals surface area contributed by atoms with Crippen LogP contribution in [0.25, 0.3) is 0 Å². The molecule has 0 atom stereocenters. The number of carbonyl (C=O) groups is 4. The van der Waals surface area contributed by atoms with Gasteiger partial charge in [0.05, 0.1) is 19.2 Å². The quantitative estimate of drug-likeness (QED) is 0.342. The molecule has 0 aliphatic heterocycles. The molecule has 0 bridgehead atoms. The highest BCUT2D eigenvalue weighted by atomic mass is 16.5. The minimum atomic E-state index is -0.708. The second kappa shape index (κ2) is 14.2. The molecule has 204 valence electrons. The van der Waals surface area contributed by atoms with Gasteiger partial charge < -0.3 is 29.7 Å². The lowest BCUT2D eigenvalue weighted by Crippen LogP contribution is -2.37. The van der Waals surface area contributed by atoms with Gasteiger partial charge in [-0.15, -0.1) is 0 Å². The van der Waals surface area contributed by atoms with Gasteiger partial charge in [0.15, 0.2) is 13.2 Å². The Morgan fingerprint density at radius 3 is 2.28 bits per heavy atom. The van der Waals surface area contributed by atoms with Crippen LogP contribution in [0.1, 0.15) is 22.8 Å². The molecule has 3 amide bonds. The third-order valence-corrected chi connectivity index (χ3v) is 5.62. The zero-order valence-electron chi connectivity index (χ0n) is 22.1. The lowest BCUT2D eigenvalue weighted by atomic mass is 10.1. The van der Waals surface area contributed by atoms with Crippen molar-refractivity contribution < 1.29 is 33.4 Å². The van der Waals surface area contributed by atoms with Gasteiger partial charge >= 0.3 is 5.97 Å². The summed E-state index contributed by atoms with van der Waals surface area (Å²) in [6.45, 7) is 1.04. The summed E-state index contributed by atoms with van der Waals surface area (Å²) in [6, 6.07) is 20.3. The summed E-state index contributed by atoms with van der Waals surface area (Å²) >= 11 is 0. The standard InChI is InChI=1S/C29H31N3O7/c1-4-20-8-5-6-11-25(20)31-26(33)17-32(2)28(35)19-39-29(36)21-12-14-23(15-13-21)38-18-27(34)30-22-9-7-10-24(16-22)37-3/h5-16H,4,17-19H2,1-3H3,(H,30,34)(H,31,33). The molecule has 10 nitrogen and oxygen atoms in total. The summed E-state index contributed by atoms with van der Waals surface area (Å²) in [5.74, 6) is -0.962. The number of para-hydroxylation sites is 1. The maximum atomic E-state index is 12.4. The van der Waals surface area contributed by atoms with Crippen LogP contribution in [0.3, 0.4) is 0 Å². The molecular weight excluding hydrogens is 502 g/mol. The fraction of sp³-hybridized carbons (Fsp3) is 0.241. The largest absolute Gasteiger partial charge is 0.497 e. The van der Waals surface area contributed by atoms with Crippen LogP contribution in [-0.2, 0) is 25.5 Å². The van der Waals surface area contributed by atoms with Crippen molar-refractivity contribution in [2.75, 3.05) is 44.5 Å². The van der Waals surface area contributed by atoms with Gasteiger partial charge in [0.2, 0.25) is 5.91 Å². The summed E-state index contributed by atoms with van der Waals surface area (Å²) < 4.78 is 15.7. The van der Waals surface area contributed by atoms with E-state index in [0.717, 1.165) is 12.0 Å². The maximum Gasteiger partial charge on any atom is 0.338 e. The Labute approximate surface area is 226 Å². The summed E-state index contributed by atoms with van der Waals surface area (Å²) in [5, 5.41) is 5.50. The molecule has 3 aromatic carbocycles. The Morgan fingerprint density at radius 1 is 0.821 bits per heavy atom. The van der Waals surface area contributed by atoms with E-state index in [1.165, 1.54) is 43.3 Å². The van der Waals surface area contributed by atoms with Crippen molar-refractivity contribution >= 4 is 35.1 Å². The van der Waals surface area contributed by atoms with Crippen LogP contribution in [0.15, 0.2) is 72.8 Å². The fourth-order valence-electron chi connectivity index (χ4n) is 3.50. The van der Waals surface area contributed by atoms with Crippen LogP contribution in [-0.4, -0.2) is 62.5 Å². The predicted octanol–water partition coefficient (Wildman–Crippen LogP) is 3.53. The van der Waals surface area contributed by atoms with E-state index < -0.39 is 18.5 Å². The molecular formula is C29H31N3O7. The number of nitrogens with zero attached hydrogens (tertiary/aromatic N) is 1. The number of esters is 1. The highest BCUT2D eigenvalue weighted by Gasteiger charge is 2.17. The molecule has 0 spiro atoms. The second-order valence-electron chi connectivity index (χ2n) is 8.48. The van der Waals surface area contributed by atoms with Crippen LogP contribution in [0.5, 0.6) is 11.5 Å². The van der Waals surface area contributed by atoms with Crippen molar-refractivity contribution in [1.82, 2.24) is 4.90 Å². The number of rotatable bonds is 12. The average Bonchev–Trinajstić information content (AvgIpc) is 2.95. The number of nitrogens with one attached hydrogen (secondary N) is 2. The van der Waals surface area contributed by atoms with E-state index in [9.17, 15) is 19.2 Å².